The van der Waals surface area contributed by atoms with Crippen LogP contribution in [-0.2, 0) is 18.3 Å². The number of aliphatic carboxylic acids is 1. The lowest BCUT2D eigenvalue weighted by Gasteiger charge is -2.31. The molecule has 3 heterocycles. The average molecular weight is 427 g/mol. The molecule has 0 aliphatic carbocycles. The molecule has 1 aromatic heterocycles. The van der Waals surface area contributed by atoms with Crippen molar-refractivity contribution in [2.24, 2.45) is 7.05 Å². The van der Waals surface area contributed by atoms with Gasteiger partial charge in [0, 0.05) is 35.6 Å². The van der Waals surface area contributed by atoms with E-state index in [0.717, 1.165) is 27.7 Å². The zero-order chi connectivity index (χ0) is 21.0. The van der Waals surface area contributed by atoms with Gasteiger partial charge in [0.2, 0.25) is 6.79 Å². The van der Waals surface area contributed by atoms with Gasteiger partial charge in [-0.25, -0.2) is 0 Å². The van der Waals surface area contributed by atoms with Gasteiger partial charge in [-0.1, -0.05) is 6.07 Å². The third kappa shape index (κ3) is 2.85. The fourth-order valence-corrected chi connectivity index (χ4v) is 4.58. The van der Waals surface area contributed by atoms with Crippen LogP contribution in [0.5, 0.6) is 11.5 Å². The molecule has 0 amide bonds. The van der Waals surface area contributed by atoms with E-state index in [9.17, 15) is 14.7 Å². The monoisotopic (exact) mass is 426 g/mol. The number of carboxylic acid groups (broad SMARTS) is 1. The number of rotatable bonds is 4. The Morgan fingerprint density at radius 3 is 2.77 bits per heavy atom. The van der Waals surface area contributed by atoms with Gasteiger partial charge >= 0.3 is 5.97 Å². The summed E-state index contributed by atoms with van der Waals surface area (Å²) in [6, 6.07) is 9.99. The van der Waals surface area contributed by atoms with E-state index in [2.05, 4.69) is 9.88 Å². The topological polar surface area (TPSA) is 89.8 Å². The van der Waals surface area contributed by atoms with E-state index in [1.165, 1.54) is 0 Å². The second kappa shape index (κ2) is 7.04. The minimum absolute atomic E-state index is 0.0976. The summed E-state index contributed by atoms with van der Waals surface area (Å²) in [7, 11) is 1.95. The number of alkyl halides is 1. The molecule has 154 valence electrons. The third-order valence-corrected chi connectivity index (χ3v) is 6.12. The van der Waals surface area contributed by atoms with Gasteiger partial charge in [0.25, 0.3) is 0 Å². The maximum Gasteiger partial charge on any atom is 0.321 e. The Labute approximate surface area is 177 Å². The molecule has 0 saturated heterocycles. The lowest BCUT2D eigenvalue weighted by molar-refractivity contribution is -0.139. The van der Waals surface area contributed by atoms with Gasteiger partial charge in [-0.05, 0) is 41.5 Å². The third-order valence-electron chi connectivity index (χ3n) is 5.87. The first kappa shape index (κ1) is 19.0. The molecule has 0 fully saturated rings. The number of benzene rings is 2. The molecule has 2 aliphatic rings. The van der Waals surface area contributed by atoms with E-state index in [1.54, 1.807) is 6.07 Å². The number of halogens is 1. The number of ketones is 1. The SMILES string of the molecule is Cn1c2c(c3cc(C(=O)CCl)ccc31)C[C@H](C(=O)O)N[C@@H]2c1ccc2c(c1)OCO2. The Bertz CT molecular complexity index is 1200. The minimum atomic E-state index is -0.920. The van der Waals surface area contributed by atoms with Gasteiger partial charge in [0.05, 0.1) is 11.9 Å². The number of aryl methyl sites for hydroxylation is 1. The van der Waals surface area contributed by atoms with Crippen molar-refractivity contribution in [1.82, 2.24) is 9.88 Å². The Morgan fingerprint density at radius 2 is 2.00 bits per heavy atom. The predicted octanol–water partition coefficient (Wildman–Crippen LogP) is 3.02. The number of carbonyl (C=O) groups is 2. The Morgan fingerprint density at radius 1 is 1.20 bits per heavy atom. The summed E-state index contributed by atoms with van der Waals surface area (Å²) in [5, 5.41) is 13.9. The van der Waals surface area contributed by atoms with Gasteiger partial charge in [0.15, 0.2) is 17.3 Å². The minimum Gasteiger partial charge on any atom is -0.480 e. The molecule has 30 heavy (non-hydrogen) atoms. The number of hydrogen-bond donors (Lipinski definition) is 2. The summed E-state index contributed by atoms with van der Waals surface area (Å²) in [6.45, 7) is 0.172. The molecule has 0 bridgehead atoms. The van der Waals surface area contributed by atoms with Gasteiger partial charge in [-0.3, -0.25) is 14.9 Å². The Balaban J connectivity index is 1.71. The van der Waals surface area contributed by atoms with Crippen LogP contribution in [0.4, 0.5) is 0 Å². The molecule has 0 radical (unpaired) electrons. The zero-order valence-electron chi connectivity index (χ0n) is 16.1. The smallest absolute Gasteiger partial charge is 0.321 e. The number of nitrogens with zero attached hydrogens (tertiary/aromatic N) is 1. The van der Waals surface area contributed by atoms with E-state index in [-0.39, 0.29) is 24.5 Å². The van der Waals surface area contributed by atoms with Crippen LogP contribution in [0.25, 0.3) is 10.9 Å². The van der Waals surface area contributed by atoms with Crippen molar-refractivity contribution in [1.29, 1.82) is 0 Å². The highest BCUT2D eigenvalue weighted by Gasteiger charge is 2.36. The van der Waals surface area contributed by atoms with Gasteiger partial charge in [0.1, 0.15) is 6.04 Å². The van der Waals surface area contributed by atoms with Crippen molar-refractivity contribution in [3.05, 3.63) is 58.8 Å². The first-order valence-corrected chi connectivity index (χ1v) is 10.1. The number of Topliss-reactive ketones (excluding diaryl/α,β-unsaturated/α-hetero) is 1. The zero-order valence-corrected chi connectivity index (χ0v) is 16.9. The molecular weight excluding hydrogens is 408 g/mol. The molecule has 3 aromatic rings. The Kier molecular flexibility index (Phi) is 4.45. The largest absolute Gasteiger partial charge is 0.480 e. The first-order chi connectivity index (χ1) is 14.5. The van der Waals surface area contributed by atoms with Crippen molar-refractivity contribution < 1.29 is 24.2 Å². The van der Waals surface area contributed by atoms with Crippen molar-refractivity contribution in [2.75, 3.05) is 12.7 Å². The molecular formula is C22H19ClN2O5. The molecule has 2 atom stereocenters. The number of aromatic nitrogens is 1. The molecule has 0 spiro atoms. The van der Waals surface area contributed by atoms with Crippen LogP contribution < -0.4 is 14.8 Å². The molecule has 2 aliphatic heterocycles. The van der Waals surface area contributed by atoms with Crippen molar-refractivity contribution in [3.8, 4) is 11.5 Å². The highest BCUT2D eigenvalue weighted by atomic mass is 35.5. The molecule has 0 saturated carbocycles. The lowest BCUT2D eigenvalue weighted by Crippen LogP contribution is -2.45. The van der Waals surface area contributed by atoms with Crippen molar-refractivity contribution in [3.63, 3.8) is 0 Å². The summed E-state index contributed by atoms with van der Waals surface area (Å²) in [5.74, 6) is 0.135. The number of carboxylic acids is 1. The van der Waals surface area contributed by atoms with E-state index in [4.69, 9.17) is 21.1 Å². The fourth-order valence-electron chi connectivity index (χ4n) is 4.42. The van der Waals surface area contributed by atoms with Crippen LogP contribution in [0.1, 0.15) is 33.2 Å². The lowest BCUT2D eigenvalue weighted by atomic mass is 9.89. The van der Waals surface area contributed by atoms with Crippen LogP contribution in [0.2, 0.25) is 0 Å². The van der Waals surface area contributed by atoms with Crippen LogP contribution in [0.15, 0.2) is 36.4 Å². The van der Waals surface area contributed by atoms with Gasteiger partial charge < -0.3 is 19.1 Å². The summed E-state index contributed by atoms with van der Waals surface area (Å²) < 4.78 is 13.0. The van der Waals surface area contributed by atoms with Gasteiger partial charge in [-0.2, -0.15) is 0 Å². The van der Waals surface area contributed by atoms with E-state index in [0.29, 0.717) is 23.5 Å². The van der Waals surface area contributed by atoms with Crippen LogP contribution in [0, 0.1) is 0 Å². The predicted molar refractivity (Wildman–Crippen MR) is 111 cm³/mol. The van der Waals surface area contributed by atoms with E-state index < -0.39 is 12.0 Å². The van der Waals surface area contributed by atoms with Crippen molar-refractivity contribution in [2.45, 2.75) is 18.5 Å². The summed E-state index contributed by atoms with van der Waals surface area (Å²) >= 11 is 5.74. The van der Waals surface area contributed by atoms with Crippen LogP contribution >= 0.6 is 11.6 Å². The Hall–Kier alpha value is -3.03. The van der Waals surface area contributed by atoms with Crippen molar-refractivity contribution >= 4 is 34.3 Å². The van der Waals surface area contributed by atoms with Gasteiger partial charge in [-0.15, -0.1) is 11.6 Å². The van der Waals surface area contributed by atoms with E-state index in [1.807, 2.05) is 37.4 Å². The maximum atomic E-state index is 12.1. The maximum absolute atomic E-state index is 12.1. The number of carbonyl (C=O) groups excluding carboxylic acids is 1. The second-order valence-corrected chi connectivity index (χ2v) is 7.79. The summed E-state index contributed by atoms with van der Waals surface area (Å²) in [5.41, 5.74) is 4.23. The molecule has 8 heteroatoms. The quantitative estimate of drug-likeness (QED) is 0.492. The number of nitrogens with one attached hydrogen (secondary N) is 1. The van der Waals surface area contributed by atoms with Crippen LogP contribution in [0.3, 0.4) is 0 Å². The number of ether oxygens (including phenoxy) is 2. The highest BCUT2D eigenvalue weighted by Crippen LogP contribution is 2.41. The molecule has 0 unspecified atom stereocenters. The normalized spacial score (nSPS) is 19.7. The van der Waals surface area contributed by atoms with E-state index >= 15 is 0 Å². The molecule has 7 nitrogen and oxygen atoms in total. The standard InChI is InChI=1S/C22H19ClN2O5/c1-25-16-4-2-11(17(26)9-23)6-13(16)14-8-15(22(27)28)24-20(21(14)25)12-3-5-18-19(7-12)30-10-29-18/h2-7,15,20,24H,8-10H2,1H3,(H,27,28)/t15-,20-/m1/s1. The average Bonchev–Trinajstić information content (AvgIpc) is 3.34. The molecule has 2 aromatic carbocycles. The number of hydrogen-bond acceptors (Lipinski definition) is 5. The fraction of sp³-hybridized carbons (Fsp3) is 0.273. The molecule has 5 rings (SSSR count). The number of fused-ring (bicyclic) bond motifs is 4. The second-order valence-electron chi connectivity index (χ2n) is 7.52. The first-order valence-electron chi connectivity index (χ1n) is 9.56. The van der Waals surface area contributed by atoms with Crippen LogP contribution in [-0.4, -0.2) is 40.1 Å². The molecule has 2 N–H and O–H groups in total. The summed E-state index contributed by atoms with van der Waals surface area (Å²) in [4.78, 5) is 24.0. The summed E-state index contributed by atoms with van der Waals surface area (Å²) in [6.07, 6.45) is 0.321. The highest BCUT2D eigenvalue weighted by molar-refractivity contribution is 6.30.